The predicted octanol–water partition coefficient (Wildman–Crippen LogP) is 4.89. The summed E-state index contributed by atoms with van der Waals surface area (Å²) in [6.07, 6.45) is 3.53. The molecular formula is C29H34Cl2N2O4. The summed E-state index contributed by atoms with van der Waals surface area (Å²) in [6.45, 7) is 7.61. The Labute approximate surface area is 228 Å². The second-order valence-corrected chi connectivity index (χ2v) is 11.1. The largest absolute Gasteiger partial charge is 0.427 e. The highest BCUT2D eigenvalue weighted by Crippen LogP contribution is 2.50. The molecule has 0 radical (unpaired) electrons. The van der Waals surface area contributed by atoms with E-state index in [4.69, 9.17) is 27.9 Å². The molecule has 4 atom stereocenters. The van der Waals surface area contributed by atoms with Gasteiger partial charge in [0.05, 0.1) is 22.6 Å². The maximum Gasteiger partial charge on any atom is 0.308 e. The Balaban J connectivity index is 1.63. The van der Waals surface area contributed by atoms with Crippen LogP contribution in [0.5, 0.6) is 5.75 Å². The highest BCUT2D eigenvalue weighted by molar-refractivity contribution is 6.42. The van der Waals surface area contributed by atoms with E-state index in [1.54, 1.807) is 23.1 Å². The van der Waals surface area contributed by atoms with Crippen molar-refractivity contribution in [1.29, 1.82) is 0 Å². The van der Waals surface area contributed by atoms with Crippen molar-refractivity contribution >= 4 is 35.1 Å². The third-order valence-electron chi connectivity index (χ3n) is 7.96. The minimum absolute atomic E-state index is 0.0244. The lowest BCUT2D eigenvalue weighted by Crippen LogP contribution is -2.61. The second kappa shape index (κ2) is 11.6. The molecule has 1 unspecified atom stereocenters. The van der Waals surface area contributed by atoms with Crippen LogP contribution in [0.15, 0.2) is 55.1 Å². The number of ether oxygens (including phenoxy) is 1. The van der Waals surface area contributed by atoms with Gasteiger partial charge >= 0.3 is 5.97 Å². The fraction of sp³-hybridized carbons (Fsp3) is 0.448. The van der Waals surface area contributed by atoms with Crippen molar-refractivity contribution < 1.29 is 19.4 Å². The normalized spacial score (nSPS) is 25.7. The molecule has 2 aromatic rings. The van der Waals surface area contributed by atoms with Gasteiger partial charge < -0.3 is 14.7 Å². The number of carbonyl (C=O) groups excluding carboxylic acids is 2. The number of fused-ring (bicyclic) bond motifs is 1. The number of esters is 1. The van der Waals surface area contributed by atoms with Gasteiger partial charge in [-0.25, -0.2) is 0 Å². The number of piperidine rings is 1. The van der Waals surface area contributed by atoms with E-state index in [1.807, 2.05) is 31.3 Å². The van der Waals surface area contributed by atoms with E-state index in [-0.39, 0.29) is 35.7 Å². The molecule has 1 heterocycles. The quantitative estimate of drug-likeness (QED) is 0.305. The van der Waals surface area contributed by atoms with Gasteiger partial charge in [-0.05, 0) is 61.2 Å². The van der Waals surface area contributed by atoms with Crippen LogP contribution in [0, 0.1) is 5.92 Å². The minimum Gasteiger partial charge on any atom is -0.427 e. The number of likely N-dealkylation sites (tertiary alicyclic amines) is 1. The molecule has 1 N–H and O–H groups in total. The summed E-state index contributed by atoms with van der Waals surface area (Å²) in [5.74, 6) is 0.0547. The fourth-order valence-electron chi connectivity index (χ4n) is 6.08. The van der Waals surface area contributed by atoms with Crippen LogP contribution in [0.1, 0.15) is 37.3 Å². The molecule has 0 bridgehead atoms. The molecule has 2 aliphatic rings. The lowest BCUT2D eigenvalue weighted by atomic mass is 9.56. The van der Waals surface area contributed by atoms with Gasteiger partial charge in [-0.2, -0.15) is 0 Å². The highest BCUT2D eigenvalue weighted by Gasteiger charge is 2.52. The zero-order chi connectivity index (χ0) is 26.7. The molecule has 1 saturated heterocycles. The first-order valence-corrected chi connectivity index (χ1v) is 13.4. The average Bonchev–Trinajstić information content (AvgIpc) is 2.86. The number of aliphatic hydroxyl groups excluding tert-OH is 1. The molecular weight excluding hydrogens is 511 g/mol. The molecule has 1 aliphatic carbocycles. The molecule has 1 amide bonds. The lowest BCUT2D eigenvalue weighted by molar-refractivity contribution is -0.136. The predicted molar refractivity (Wildman–Crippen MR) is 146 cm³/mol. The zero-order valence-electron chi connectivity index (χ0n) is 21.3. The van der Waals surface area contributed by atoms with Crippen molar-refractivity contribution in [1.82, 2.24) is 9.80 Å². The monoisotopic (exact) mass is 544 g/mol. The average molecular weight is 546 g/mol. The summed E-state index contributed by atoms with van der Waals surface area (Å²) in [4.78, 5) is 29.0. The van der Waals surface area contributed by atoms with Crippen LogP contribution in [0.3, 0.4) is 0 Å². The van der Waals surface area contributed by atoms with Gasteiger partial charge in [0, 0.05) is 44.4 Å². The number of benzene rings is 2. The minimum atomic E-state index is -0.594. The van der Waals surface area contributed by atoms with Crippen LogP contribution in [0.4, 0.5) is 0 Å². The molecule has 2 fully saturated rings. The maximum atomic E-state index is 13.3. The third kappa shape index (κ3) is 6.04. The Morgan fingerprint density at radius 3 is 2.73 bits per heavy atom. The Morgan fingerprint density at radius 1 is 1.24 bits per heavy atom. The number of nitrogens with zero attached hydrogens (tertiary/aromatic N) is 2. The summed E-state index contributed by atoms with van der Waals surface area (Å²) in [5.41, 5.74) is 1.46. The molecule has 8 heteroatoms. The van der Waals surface area contributed by atoms with Crippen molar-refractivity contribution in [2.45, 2.75) is 50.2 Å². The first-order chi connectivity index (χ1) is 17.6. The Hall–Kier alpha value is -2.38. The van der Waals surface area contributed by atoms with Gasteiger partial charge in [-0.3, -0.25) is 14.5 Å². The summed E-state index contributed by atoms with van der Waals surface area (Å²) >= 11 is 12.2. The molecule has 1 aliphatic heterocycles. The number of hydrogen-bond donors (Lipinski definition) is 1. The molecule has 37 heavy (non-hydrogen) atoms. The third-order valence-corrected chi connectivity index (χ3v) is 8.69. The SMILES string of the molecule is C=CCN1CC[C@@]2(c3cccc(OC(C)=O)c3)C[C@H](N(C)C(=O)Cc3ccc(Cl)c(Cl)c3)CC(O)[C@@H]2C1. The van der Waals surface area contributed by atoms with Gasteiger partial charge in [0.1, 0.15) is 5.75 Å². The fourth-order valence-corrected chi connectivity index (χ4v) is 6.41. The number of aliphatic hydroxyl groups is 1. The molecule has 0 spiro atoms. The number of likely N-dealkylation sites (N-methyl/N-ethyl adjacent to an activating group) is 1. The second-order valence-electron chi connectivity index (χ2n) is 10.3. The van der Waals surface area contributed by atoms with Crippen LogP contribution in [0.25, 0.3) is 0 Å². The summed E-state index contributed by atoms with van der Waals surface area (Å²) in [6, 6.07) is 12.7. The van der Waals surface area contributed by atoms with Gasteiger partial charge in [-0.15, -0.1) is 6.58 Å². The van der Waals surface area contributed by atoms with E-state index in [2.05, 4.69) is 17.5 Å². The van der Waals surface area contributed by atoms with Crippen LogP contribution in [-0.4, -0.2) is 65.6 Å². The van der Waals surface area contributed by atoms with Crippen molar-refractivity contribution in [3.05, 3.63) is 76.3 Å². The lowest BCUT2D eigenvalue weighted by Gasteiger charge is -2.56. The first-order valence-electron chi connectivity index (χ1n) is 12.6. The topological polar surface area (TPSA) is 70.1 Å². The Bertz CT molecular complexity index is 1170. The molecule has 6 nitrogen and oxygen atoms in total. The number of hydrogen-bond acceptors (Lipinski definition) is 5. The van der Waals surface area contributed by atoms with Crippen molar-refractivity contribution in [3.63, 3.8) is 0 Å². The van der Waals surface area contributed by atoms with E-state index in [0.29, 0.717) is 28.6 Å². The van der Waals surface area contributed by atoms with E-state index < -0.39 is 6.10 Å². The molecule has 198 valence electrons. The van der Waals surface area contributed by atoms with E-state index in [1.165, 1.54) is 6.92 Å². The summed E-state index contributed by atoms with van der Waals surface area (Å²) in [5, 5.41) is 12.4. The van der Waals surface area contributed by atoms with Gasteiger partial charge in [0.25, 0.3) is 0 Å². The number of carbonyl (C=O) groups is 2. The van der Waals surface area contributed by atoms with Crippen LogP contribution >= 0.6 is 23.2 Å². The highest BCUT2D eigenvalue weighted by atomic mass is 35.5. The zero-order valence-corrected chi connectivity index (χ0v) is 22.8. The number of halogens is 2. The van der Waals surface area contributed by atoms with Crippen molar-refractivity contribution in [2.75, 3.05) is 26.7 Å². The van der Waals surface area contributed by atoms with Gasteiger partial charge in [0.2, 0.25) is 5.91 Å². The molecule has 0 aromatic heterocycles. The standard InChI is InChI=1S/C29H34Cl2N2O4/c1-4-11-33-12-10-29(21-6-5-7-23(15-21)37-19(2)34)17-22(16-27(35)24(29)18-33)32(3)28(36)14-20-8-9-25(30)26(31)13-20/h4-9,13,15,22,24,27,35H,1,10-12,14,16-18H2,2-3H3/t22-,24+,27?,29+/m1/s1. The maximum absolute atomic E-state index is 13.3. The van der Waals surface area contributed by atoms with E-state index in [9.17, 15) is 14.7 Å². The molecule has 2 aromatic carbocycles. The van der Waals surface area contributed by atoms with E-state index >= 15 is 0 Å². The van der Waals surface area contributed by atoms with Crippen LogP contribution in [0.2, 0.25) is 10.0 Å². The number of rotatable bonds is 7. The Morgan fingerprint density at radius 2 is 2.03 bits per heavy atom. The van der Waals surface area contributed by atoms with Crippen LogP contribution in [-0.2, 0) is 21.4 Å². The first kappa shape index (κ1) is 27.6. The molecule has 4 rings (SSSR count). The molecule has 1 saturated carbocycles. The summed E-state index contributed by atoms with van der Waals surface area (Å²) in [7, 11) is 1.81. The van der Waals surface area contributed by atoms with Crippen LogP contribution < -0.4 is 4.74 Å². The van der Waals surface area contributed by atoms with E-state index in [0.717, 1.165) is 37.2 Å². The number of amides is 1. The van der Waals surface area contributed by atoms with Gasteiger partial charge in [-0.1, -0.05) is 47.5 Å². The Kier molecular flexibility index (Phi) is 8.64. The van der Waals surface area contributed by atoms with Crippen molar-refractivity contribution in [3.8, 4) is 5.75 Å². The summed E-state index contributed by atoms with van der Waals surface area (Å²) < 4.78 is 5.40. The smallest absolute Gasteiger partial charge is 0.308 e. The van der Waals surface area contributed by atoms with Crippen molar-refractivity contribution in [2.24, 2.45) is 5.92 Å². The van der Waals surface area contributed by atoms with Gasteiger partial charge in [0.15, 0.2) is 0 Å².